The maximum atomic E-state index is 5.75. The van der Waals surface area contributed by atoms with Crippen LogP contribution < -0.4 is 11.5 Å². The molecule has 0 aliphatic rings. The van der Waals surface area contributed by atoms with Crippen LogP contribution in [0, 0.1) is 13.8 Å². The molecule has 0 fully saturated rings. The molecule has 88 valence electrons. The first-order chi connectivity index (χ1) is 8.06. The summed E-state index contributed by atoms with van der Waals surface area (Å²) in [4.78, 5) is 0. The molecule has 0 amide bonds. The van der Waals surface area contributed by atoms with Crippen LogP contribution in [0.15, 0.2) is 36.4 Å². The fourth-order valence-corrected chi connectivity index (χ4v) is 2.04. The van der Waals surface area contributed by atoms with Gasteiger partial charge in [-0.1, -0.05) is 12.1 Å². The summed E-state index contributed by atoms with van der Waals surface area (Å²) < 4.78 is 0. The molecule has 0 heterocycles. The van der Waals surface area contributed by atoms with Crippen molar-refractivity contribution in [1.29, 1.82) is 0 Å². The predicted molar refractivity (Wildman–Crippen MR) is 74.0 cm³/mol. The van der Waals surface area contributed by atoms with Crippen LogP contribution in [0.25, 0.3) is 0 Å². The molecular formula is C15H18N2. The Balaban J connectivity index is 2.31. The van der Waals surface area contributed by atoms with Crippen molar-refractivity contribution < 1.29 is 0 Å². The van der Waals surface area contributed by atoms with E-state index in [-0.39, 0.29) is 0 Å². The molecule has 2 heteroatoms. The number of nitrogens with two attached hydrogens (primary N) is 2. The molecule has 0 aromatic heterocycles. The second-order valence-corrected chi connectivity index (χ2v) is 4.55. The number of anilines is 2. The van der Waals surface area contributed by atoms with Gasteiger partial charge in [0.15, 0.2) is 0 Å². The van der Waals surface area contributed by atoms with Crippen LogP contribution in [0.1, 0.15) is 22.3 Å². The number of rotatable bonds is 2. The third-order valence-corrected chi connectivity index (χ3v) is 3.11. The quantitative estimate of drug-likeness (QED) is 0.773. The molecule has 0 atom stereocenters. The highest BCUT2D eigenvalue weighted by Crippen LogP contribution is 2.20. The average Bonchev–Trinajstić information content (AvgIpc) is 2.25. The van der Waals surface area contributed by atoms with Gasteiger partial charge < -0.3 is 11.5 Å². The summed E-state index contributed by atoms with van der Waals surface area (Å²) in [5.41, 5.74) is 18.2. The highest BCUT2D eigenvalue weighted by molar-refractivity contribution is 5.48. The van der Waals surface area contributed by atoms with Gasteiger partial charge in [0.1, 0.15) is 0 Å². The van der Waals surface area contributed by atoms with Gasteiger partial charge in [0.2, 0.25) is 0 Å². The molecule has 0 saturated heterocycles. The lowest BCUT2D eigenvalue weighted by molar-refractivity contribution is 1.13. The topological polar surface area (TPSA) is 52.0 Å². The van der Waals surface area contributed by atoms with Crippen LogP contribution in [0.5, 0.6) is 0 Å². The standard InChI is InChI=1S/C15H18N2/c1-10-7-14(16)5-3-12(10)9-13-4-6-15(17)8-11(13)2/h3-8H,9,16-17H2,1-2H3. The van der Waals surface area contributed by atoms with Gasteiger partial charge in [-0.05, 0) is 66.8 Å². The second kappa shape index (κ2) is 4.50. The minimum atomic E-state index is 0.820. The summed E-state index contributed by atoms with van der Waals surface area (Å²) in [5, 5.41) is 0. The third kappa shape index (κ3) is 2.59. The molecule has 2 aromatic rings. The Labute approximate surface area is 102 Å². The van der Waals surface area contributed by atoms with Gasteiger partial charge in [0.25, 0.3) is 0 Å². The first-order valence-corrected chi connectivity index (χ1v) is 5.76. The zero-order valence-electron chi connectivity index (χ0n) is 10.3. The molecular weight excluding hydrogens is 208 g/mol. The number of aryl methyl sites for hydroxylation is 2. The summed E-state index contributed by atoms with van der Waals surface area (Å²) in [6.07, 6.45) is 0.929. The fraction of sp³-hybridized carbons (Fsp3) is 0.200. The maximum Gasteiger partial charge on any atom is 0.0316 e. The van der Waals surface area contributed by atoms with Crippen LogP contribution >= 0.6 is 0 Å². The Morgan fingerprint density at radius 3 is 1.53 bits per heavy atom. The summed E-state index contributed by atoms with van der Waals surface area (Å²) in [6, 6.07) is 12.1. The molecule has 0 unspecified atom stereocenters. The third-order valence-electron chi connectivity index (χ3n) is 3.11. The van der Waals surface area contributed by atoms with Crippen molar-refractivity contribution in [1.82, 2.24) is 0 Å². The molecule has 4 N–H and O–H groups in total. The van der Waals surface area contributed by atoms with Crippen LogP contribution in [0.2, 0.25) is 0 Å². The van der Waals surface area contributed by atoms with E-state index in [2.05, 4.69) is 26.0 Å². The Kier molecular flexibility index (Phi) is 3.05. The average molecular weight is 226 g/mol. The van der Waals surface area contributed by atoms with E-state index in [1.165, 1.54) is 22.3 Å². The van der Waals surface area contributed by atoms with Gasteiger partial charge in [0.05, 0.1) is 0 Å². The number of nitrogen functional groups attached to an aromatic ring is 2. The normalized spacial score (nSPS) is 10.5. The maximum absolute atomic E-state index is 5.75. The van der Waals surface area contributed by atoms with Crippen LogP contribution in [0.3, 0.4) is 0 Å². The summed E-state index contributed by atoms with van der Waals surface area (Å²) in [7, 11) is 0. The lowest BCUT2D eigenvalue weighted by Gasteiger charge is -2.10. The molecule has 17 heavy (non-hydrogen) atoms. The van der Waals surface area contributed by atoms with Crippen molar-refractivity contribution in [3.8, 4) is 0 Å². The Hall–Kier alpha value is -1.96. The molecule has 0 radical (unpaired) electrons. The number of hydrogen-bond donors (Lipinski definition) is 2. The van der Waals surface area contributed by atoms with Crippen molar-refractivity contribution in [3.05, 3.63) is 58.7 Å². The van der Waals surface area contributed by atoms with E-state index in [1.54, 1.807) is 0 Å². The van der Waals surface area contributed by atoms with Crippen LogP contribution in [-0.2, 0) is 6.42 Å². The van der Waals surface area contributed by atoms with Gasteiger partial charge in [-0.15, -0.1) is 0 Å². The lowest BCUT2D eigenvalue weighted by Crippen LogP contribution is -1.97. The van der Waals surface area contributed by atoms with Crippen molar-refractivity contribution in [2.24, 2.45) is 0 Å². The summed E-state index contributed by atoms with van der Waals surface area (Å²) in [6.45, 7) is 4.19. The smallest absolute Gasteiger partial charge is 0.0316 e. The van der Waals surface area contributed by atoms with E-state index in [9.17, 15) is 0 Å². The van der Waals surface area contributed by atoms with E-state index in [0.717, 1.165) is 17.8 Å². The van der Waals surface area contributed by atoms with Crippen molar-refractivity contribution in [2.75, 3.05) is 11.5 Å². The summed E-state index contributed by atoms with van der Waals surface area (Å²) in [5.74, 6) is 0. The van der Waals surface area contributed by atoms with E-state index >= 15 is 0 Å². The monoisotopic (exact) mass is 226 g/mol. The zero-order chi connectivity index (χ0) is 12.4. The molecule has 0 spiro atoms. The van der Waals surface area contributed by atoms with Crippen molar-refractivity contribution in [2.45, 2.75) is 20.3 Å². The SMILES string of the molecule is Cc1cc(N)ccc1Cc1ccc(N)cc1C. The van der Waals surface area contributed by atoms with Gasteiger partial charge in [-0.25, -0.2) is 0 Å². The largest absolute Gasteiger partial charge is 0.399 e. The molecule has 0 aliphatic heterocycles. The molecule has 2 rings (SSSR count). The molecule has 0 saturated carbocycles. The number of benzene rings is 2. The minimum absolute atomic E-state index is 0.820. The van der Waals surface area contributed by atoms with Gasteiger partial charge in [-0.3, -0.25) is 0 Å². The Bertz CT molecular complexity index is 495. The zero-order valence-corrected chi connectivity index (χ0v) is 10.3. The second-order valence-electron chi connectivity index (χ2n) is 4.55. The van der Waals surface area contributed by atoms with E-state index < -0.39 is 0 Å². The highest BCUT2D eigenvalue weighted by Gasteiger charge is 2.03. The van der Waals surface area contributed by atoms with E-state index in [4.69, 9.17) is 11.5 Å². The minimum Gasteiger partial charge on any atom is -0.399 e. The van der Waals surface area contributed by atoms with Gasteiger partial charge >= 0.3 is 0 Å². The first kappa shape index (κ1) is 11.5. The van der Waals surface area contributed by atoms with E-state index in [1.807, 2.05) is 24.3 Å². The predicted octanol–water partition coefficient (Wildman–Crippen LogP) is 3.06. The molecule has 0 bridgehead atoms. The van der Waals surface area contributed by atoms with Crippen molar-refractivity contribution >= 4 is 11.4 Å². The molecule has 2 nitrogen and oxygen atoms in total. The Morgan fingerprint density at radius 2 is 1.18 bits per heavy atom. The summed E-state index contributed by atoms with van der Waals surface area (Å²) >= 11 is 0. The Morgan fingerprint density at radius 1 is 0.765 bits per heavy atom. The van der Waals surface area contributed by atoms with Crippen LogP contribution in [-0.4, -0.2) is 0 Å². The molecule has 2 aromatic carbocycles. The number of hydrogen-bond acceptors (Lipinski definition) is 2. The fourth-order valence-electron chi connectivity index (χ4n) is 2.04. The molecule has 0 aliphatic carbocycles. The van der Waals surface area contributed by atoms with Crippen molar-refractivity contribution in [3.63, 3.8) is 0 Å². The van der Waals surface area contributed by atoms with Crippen LogP contribution in [0.4, 0.5) is 11.4 Å². The van der Waals surface area contributed by atoms with Gasteiger partial charge in [0, 0.05) is 11.4 Å². The van der Waals surface area contributed by atoms with E-state index in [0.29, 0.717) is 0 Å². The lowest BCUT2D eigenvalue weighted by atomic mass is 9.97. The first-order valence-electron chi connectivity index (χ1n) is 5.76. The van der Waals surface area contributed by atoms with Gasteiger partial charge in [-0.2, -0.15) is 0 Å². The highest BCUT2D eigenvalue weighted by atomic mass is 14.5.